The lowest BCUT2D eigenvalue weighted by Gasteiger charge is -2.24. The fourth-order valence-electron chi connectivity index (χ4n) is 3.92. The van der Waals surface area contributed by atoms with Gasteiger partial charge in [-0.3, -0.25) is 9.78 Å². The van der Waals surface area contributed by atoms with E-state index in [1.54, 1.807) is 62.0 Å². The average molecular weight is 494 g/mol. The van der Waals surface area contributed by atoms with Gasteiger partial charge >= 0.3 is 0 Å². The molecular formula is C25H23N3O6S. The number of H-pyrrole nitrogens is 1. The number of nitrogens with one attached hydrogen (secondary N) is 1. The van der Waals surface area contributed by atoms with Crippen molar-refractivity contribution in [3.63, 3.8) is 0 Å². The number of benzene rings is 2. The number of rotatable bonds is 7. The Morgan fingerprint density at radius 2 is 1.86 bits per heavy atom. The molecule has 9 nitrogen and oxygen atoms in total. The lowest BCUT2D eigenvalue weighted by atomic mass is 10.1. The van der Waals surface area contributed by atoms with Gasteiger partial charge in [-0.2, -0.15) is 4.31 Å². The molecule has 4 aromatic rings. The highest BCUT2D eigenvalue weighted by molar-refractivity contribution is 7.89. The Hall–Kier alpha value is -3.89. The van der Waals surface area contributed by atoms with Gasteiger partial charge in [0, 0.05) is 48.0 Å². The highest BCUT2D eigenvalue weighted by atomic mass is 32.2. The number of hydrogen-bond donors (Lipinski definition) is 1. The van der Waals surface area contributed by atoms with E-state index in [4.69, 9.17) is 14.2 Å². The lowest BCUT2D eigenvalue weighted by Crippen LogP contribution is -2.32. The van der Waals surface area contributed by atoms with E-state index in [0.29, 0.717) is 47.1 Å². The maximum Gasteiger partial charge on any atom is 0.252 e. The molecule has 3 heterocycles. The molecule has 35 heavy (non-hydrogen) atoms. The largest absolute Gasteiger partial charge is 0.497 e. The maximum atomic E-state index is 13.8. The summed E-state index contributed by atoms with van der Waals surface area (Å²) in [7, 11) is -2.46. The normalized spacial score (nSPS) is 13.2. The van der Waals surface area contributed by atoms with Gasteiger partial charge in [-0.05, 0) is 48.0 Å². The zero-order chi connectivity index (χ0) is 24.4. The molecule has 0 aliphatic carbocycles. The third kappa shape index (κ3) is 4.71. The van der Waals surface area contributed by atoms with Crippen molar-refractivity contribution in [1.29, 1.82) is 0 Å². The predicted octanol–water partition coefficient (Wildman–Crippen LogP) is 3.09. The molecule has 5 rings (SSSR count). The van der Waals surface area contributed by atoms with Gasteiger partial charge in [-0.25, -0.2) is 8.42 Å². The predicted molar refractivity (Wildman–Crippen MR) is 129 cm³/mol. The van der Waals surface area contributed by atoms with Crippen LogP contribution in [-0.2, 0) is 23.1 Å². The Labute approximate surface area is 202 Å². The van der Waals surface area contributed by atoms with Gasteiger partial charge in [0.25, 0.3) is 5.56 Å². The first-order valence-corrected chi connectivity index (χ1v) is 12.4. The summed E-state index contributed by atoms with van der Waals surface area (Å²) < 4.78 is 45.2. The Morgan fingerprint density at radius 3 is 2.63 bits per heavy atom. The number of nitrogens with zero attached hydrogens (tertiary/aromatic N) is 2. The molecule has 0 fully saturated rings. The van der Waals surface area contributed by atoms with Gasteiger partial charge < -0.3 is 19.2 Å². The minimum atomic E-state index is -4.02. The SMILES string of the molecule is COc1ccc2[nH]c(=O)c(CN(Cc3cccnc3)S(=O)(=O)c3ccc4c(c3)OCCO4)cc2c1. The number of hydrogen-bond acceptors (Lipinski definition) is 7. The van der Waals surface area contributed by atoms with Crippen LogP contribution in [-0.4, -0.2) is 43.0 Å². The van der Waals surface area contributed by atoms with E-state index >= 15 is 0 Å². The molecule has 0 saturated carbocycles. The summed E-state index contributed by atoms with van der Waals surface area (Å²) in [6.45, 7) is 0.627. The fraction of sp³-hybridized carbons (Fsp3) is 0.200. The van der Waals surface area contributed by atoms with Gasteiger partial charge in [0.15, 0.2) is 11.5 Å². The van der Waals surface area contributed by atoms with Crippen molar-refractivity contribution in [3.8, 4) is 17.2 Å². The van der Waals surface area contributed by atoms with E-state index in [2.05, 4.69) is 9.97 Å². The molecule has 1 aliphatic heterocycles. The molecule has 2 aromatic heterocycles. The van der Waals surface area contributed by atoms with Crippen LogP contribution in [0.25, 0.3) is 10.9 Å². The first kappa shape index (κ1) is 22.9. The number of methoxy groups -OCH3 is 1. The van der Waals surface area contributed by atoms with Crippen molar-refractivity contribution in [1.82, 2.24) is 14.3 Å². The van der Waals surface area contributed by atoms with Gasteiger partial charge in [0.2, 0.25) is 10.0 Å². The first-order valence-electron chi connectivity index (χ1n) is 10.9. The van der Waals surface area contributed by atoms with Crippen molar-refractivity contribution in [3.05, 3.63) is 88.5 Å². The van der Waals surface area contributed by atoms with E-state index in [-0.39, 0.29) is 23.5 Å². The molecule has 1 aliphatic rings. The number of pyridine rings is 2. The number of ether oxygens (including phenoxy) is 3. The Bertz CT molecular complexity index is 1540. The van der Waals surface area contributed by atoms with Crippen molar-refractivity contribution in [2.75, 3.05) is 20.3 Å². The van der Waals surface area contributed by atoms with Gasteiger partial charge in [-0.1, -0.05) is 6.07 Å². The van der Waals surface area contributed by atoms with Crippen LogP contribution in [0.2, 0.25) is 0 Å². The summed E-state index contributed by atoms with van der Waals surface area (Å²) in [4.78, 5) is 19.8. The summed E-state index contributed by atoms with van der Waals surface area (Å²) in [6, 6.07) is 15.0. The third-order valence-electron chi connectivity index (χ3n) is 5.71. The second kappa shape index (κ2) is 9.40. The van der Waals surface area contributed by atoms with Crippen LogP contribution >= 0.6 is 0 Å². The minimum Gasteiger partial charge on any atom is -0.497 e. The standard InChI is InChI=1S/C25H23N3O6S/c1-32-20-4-6-22-18(12-20)11-19(25(29)27-22)16-28(15-17-3-2-8-26-14-17)35(30,31)21-5-7-23-24(13-21)34-10-9-33-23/h2-8,11-14H,9-10,15-16H2,1H3,(H,27,29). The number of aromatic amines is 1. The van der Waals surface area contributed by atoms with Crippen LogP contribution in [0, 0.1) is 0 Å². The molecule has 10 heteroatoms. The topological polar surface area (TPSA) is 111 Å². The Balaban J connectivity index is 1.56. The van der Waals surface area contributed by atoms with Gasteiger partial charge in [0.05, 0.1) is 12.0 Å². The molecule has 0 radical (unpaired) electrons. The summed E-state index contributed by atoms with van der Waals surface area (Å²) in [5, 5.41) is 0.733. The number of aromatic nitrogens is 2. The molecular weight excluding hydrogens is 470 g/mol. The lowest BCUT2D eigenvalue weighted by molar-refractivity contribution is 0.171. The van der Waals surface area contributed by atoms with Crippen molar-refractivity contribution in [2.24, 2.45) is 0 Å². The fourth-order valence-corrected chi connectivity index (χ4v) is 5.34. The van der Waals surface area contributed by atoms with E-state index in [9.17, 15) is 13.2 Å². The summed E-state index contributed by atoms with van der Waals surface area (Å²) in [6.07, 6.45) is 3.21. The monoisotopic (exact) mass is 493 g/mol. The molecule has 0 amide bonds. The number of fused-ring (bicyclic) bond motifs is 2. The molecule has 0 spiro atoms. The van der Waals surface area contributed by atoms with Crippen LogP contribution in [0.1, 0.15) is 11.1 Å². The summed E-state index contributed by atoms with van der Waals surface area (Å²) >= 11 is 0. The maximum absolute atomic E-state index is 13.8. The van der Waals surface area contributed by atoms with Crippen molar-refractivity contribution in [2.45, 2.75) is 18.0 Å². The molecule has 0 atom stereocenters. The minimum absolute atomic E-state index is 0.0280. The second-order valence-electron chi connectivity index (χ2n) is 8.02. The van der Waals surface area contributed by atoms with Crippen LogP contribution in [0.15, 0.2) is 76.7 Å². The molecule has 0 unspecified atom stereocenters. The van der Waals surface area contributed by atoms with Crippen molar-refractivity contribution >= 4 is 20.9 Å². The zero-order valence-electron chi connectivity index (χ0n) is 18.9. The van der Waals surface area contributed by atoms with E-state index < -0.39 is 10.0 Å². The van der Waals surface area contributed by atoms with Crippen LogP contribution in [0.4, 0.5) is 0 Å². The highest BCUT2D eigenvalue weighted by Gasteiger charge is 2.28. The Kier molecular flexibility index (Phi) is 6.14. The van der Waals surface area contributed by atoms with E-state index in [1.165, 1.54) is 16.4 Å². The van der Waals surface area contributed by atoms with Crippen molar-refractivity contribution < 1.29 is 22.6 Å². The van der Waals surface area contributed by atoms with E-state index in [1.807, 2.05) is 0 Å². The van der Waals surface area contributed by atoms with Crippen LogP contribution in [0.3, 0.4) is 0 Å². The second-order valence-corrected chi connectivity index (χ2v) is 9.95. The third-order valence-corrected chi connectivity index (χ3v) is 7.50. The average Bonchev–Trinajstić information content (AvgIpc) is 2.88. The zero-order valence-corrected chi connectivity index (χ0v) is 19.7. The molecule has 0 bridgehead atoms. The highest BCUT2D eigenvalue weighted by Crippen LogP contribution is 2.34. The van der Waals surface area contributed by atoms with Gasteiger partial charge in [0.1, 0.15) is 19.0 Å². The quantitative estimate of drug-likeness (QED) is 0.421. The number of sulfonamides is 1. The summed E-state index contributed by atoms with van der Waals surface area (Å²) in [5.74, 6) is 1.50. The molecule has 0 saturated heterocycles. The molecule has 180 valence electrons. The summed E-state index contributed by atoms with van der Waals surface area (Å²) in [5.41, 5.74) is 1.26. The van der Waals surface area contributed by atoms with Crippen LogP contribution in [0.5, 0.6) is 17.2 Å². The molecule has 1 N–H and O–H groups in total. The molecule has 2 aromatic carbocycles. The smallest absolute Gasteiger partial charge is 0.252 e. The van der Waals surface area contributed by atoms with Gasteiger partial charge in [-0.15, -0.1) is 0 Å². The first-order chi connectivity index (χ1) is 16.9. The Morgan fingerprint density at radius 1 is 1.03 bits per heavy atom. The van der Waals surface area contributed by atoms with Crippen LogP contribution < -0.4 is 19.8 Å². The van der Waals surface area contributed by atoms with E-state index in [0.717, 1.165) is 5.39 Å².